The molecule has 2 aromatic carbocycles. The average molecular weight is 488 g/mol. The molecule has 0 saturated carbocycles. The Morgan fingerprint density at radius 3 is 2.50 bits per heavy atom. The SMILES string of the molecule is COc1cccc2cc(C(NC(=O)c3ccc4cccnc4c3)c3ncccc3C(F)(F)F)cnc12. The highest BCUT2D eigenvalue weighted by atomic mass is 19.4. The minimum absolute atomic E-state index is 0.256. The summed E-state index contributed by atoms with van der Waals surface area (Å²) in [6, 6.07) is 16.4. The van der Waals surface area contributed by atoms with Gasteiger partial charge in [0.1, 0.15) is 11.3 Å². The van der Waals surface area contributed by atoms with E-state index in [-0.39, 0.29) is 11.3 Å². The van der Waals surface area contributed by atoms with Gasteiger partial charge in [0.2, 0.25) is 0 Å². The summed E-state index contributed by atoms with van der Waals surface area (Å²) >= 11 is 0. The Balaban J connectivity index is 1.62. The van der Waals surface area contributed by atoms with E-state index >= 15 is 0 Å². The van der Waals surface area contributed by atoms with Crippen molar-refractivity contribution >= 4 is 27.7 Å². The first-order chi connectivity index (χ1) is 17.3. The highest BCUT2D eigenvalue weighted by Crippen LogP contribution is 2.36. The summed E-state index contributed by atoms with van der Waals surface area (Å²) in [6.45, 7) is 0. The van der Waals surface area contributed by atoms with Crippen LogP contribution in [0.25, 0.3) is 21.8 Å². The molecule has 0 radical (unpaired) electrons. The second kappa shape index (κ2) is 9.26. The van der Waals surface area contributed by atoms with Crippen molar-refractivity contribution in [2.75, 3.05) is 7.11 Å². The fourth-order valence-corrected chi connectivity index (χ4v) is 4.09. The summed E-state index contributed by atoms with van der Waals surface area (Å²) in [5.74, 6) is -0.0471. The fourth-order valence-electron chi connectivity index (χ4n) is 4.09. The molecular formula is C27H19F3N4O2. The van der Waals surface area contributed by atoms with Crippen molar-refractivity contribution in [3.8, 4) is 5.75 Å². The van der Waals surface area contributed by atoms with Gasteiger partial charge in [-0.2, -0.15) is 13.2 Å². The van der Waals surface area contributed by atoms with Crippen LogP contribution in [-0.2, 0) is 6.18 Å². The first-order valence-electron chi connectivity index (χ1n) is 11.0. The molecule has 0 spiro atoms. The molecule has 9 heteroatoms. The highest BCUT2D eigenvalue weighted by molar-refractivity contribution is 5.98. The van der Waals surface area contributed by atoms with E-state index in [4.69, 9.17) is 4.74 Å². The molecule has 36 heavy (non-hydrogen) atoms. The Labute approximate surface area is 203 Å². The third-order valence-corrected chi connectivity index (χ3v) is 5.81. The number of carbonyl (C=O) groups is 1. The molecule has 3 heterocycles. The molecule has 5 aromatic rings. The fraction of sp³-hybridized carbons (Fsp3) is 0.111. The lowest BCUT2D eigenvalue weighted by Gasteiger charge is -2.22. The number of para-hydroxylation sites is 1. The van der Waals surface area contributed by atoms with Crippen LogP contribution < -0.4 is 10.1 Å². The van der Waals surface area contributed by atoms with Crippen molar-refractivity contribution < 1.29 is 22.7 Å². The molecule has 5 rings (SSSR count). The van der Waals surface area contributed by atoms with Crippen molar-refractivity contribution in [1.29, 1.82) is 0 Å². The van der Waals surface area contributed by atoms with Crippen LogP contribution in [0.5, 0.6) is 5.75 Å². The van der Waals surface area contributed by atoms with Crippen molar-refractivity contribution in [2.24, 2.45) is 0 Å². The van der Waals surface area contributed by atoms with Gasteiger partial charge in [-0.3, -0.25) is 19.7 Å². The topological polar surface area (TPSA) is 77.0 Å². The van der Waals surface area contributed by atoms with Gasteiger partial charge in [0.05, 0.1) is 29.9 Å². The number of ether oxygens (including phenoxy) is 1. The zero-order valence-corrected chi connectivity index (χ0v) is 19.0. The molecule has 0 fully saturated rings. The number of benzene rings is 2. The number of halogens is 3. The van der Waals surface area contributed by atoms with Crippen molar-refractivity contribution in [1.82, 2.24) is 20.3 Å². The van der Waals surface area contributed by atoms with E-state index in [1.165, 1.54) is 25.6 Å². The maximum atomic E-state index is 13.9. The second-order valence-electron chi connectivity index (χ2n) is 8.05. The van der Waals surface area contributed by atoms with Gasteiger partial charge in [-0.05, 0) is 48.0 Å². The summed E-state index contributed by atoms with van der Waals surface area (Å²) in [5, 5.41) is 4.22. The predicted octanol–water partition coefficient (Wildman–Crippen LogP) is 5.72. The van der Waals surface area contributed by atoms with Gasteiger partial charge >= 0.3 is 6.18 Å². The van der Waals surface area contributed by atoms with E-state index in [2.05, 4.69) is 20.3 Å². The van der Waals surface area contributed by atoms with E-state index in [1.807, 2.05) is 6.07 Å². The molecule has 3 aromatic heterocycles. The molecule has 1 amide bonds. The number of nitrogens with zero attached hydrogens (tertiary/aromatic N) is 3. The van der Waals surface area contributed by atoms with Gasteiger partial charge in [0, 0.05) is 34.9 Å². The number of fused-ring (bicyclic) bond motifs is 2. The second-order valence-corrected chi connectivity index (χ2v) is 8.05. The standard InChI is InChI=1S/C27H19F3N4O2/c1-36-22-8-2-5-17-13-19(15-33-23(17)22)24(25-20(27(28,29)30)7-4-12-32-25)34-26(35)18-10-9-16-6-3-11-31-21(16)14-18/h2-15,24H,1H3,(H,34,35). The number of carbonyl (C=O) groups excluding carboxylic acids is 1. The van der Waals surface area contributed by atoms with Gasteiger partial charge in [-0.15, -0.1) is 0 Å². The number of hydrogen-bond acceptors (Lipinski definition) is 5. The van der Waals surface area contributed by atoms with Gasteiger partial charge in [0.25, 0.3) is 5.91 Å². The van der Waals surface area contributed by atoms with Crippen LogP contribution in [0.4, 0.5) is 13.2 Å². The number of methoxy groups -OCH3 is 1. The van der Waals surface area contributed by atoms with Crippen LogP contribution in [0.3, 0.4) is 0 Å². The van der Waals surface area contributed by atoms with E-state index in [0.29, 0.717) is 27.7 Å². The molecular weight excluding hydrogens is 469 g/mol. The van der Waals surface area contributed by atoms with Gasteiger partial charge in [-0.1, -0.05) is 24.3 Å². The van der Waals surface area contributed by atoms with Crippen molar-refractivity contribution in [2.45, 2.75) is 12.2 Å². The number of nitrogens with one attached hydrogen (secondary N) is 1. The monoisotopic (exact) mass is 488 g/mol. The van der Waals surface area contributed by atoms with Crippen LogP contribution in [0.2, 0.25) is 0 Å². The molecule has 0 bridgehead atoms. The minimum atomic E-state index is -4.67. The van der Waals surface area contributed by atoms with Gasteiger partial charge in [-0.25, -0.2) is 0 Å². The molecule has 0 aliphatic carbocycles. The molecule has 0 aliphatic heterocycles. The predicted molar refractivity (Wildman–Crippen MR) is 129 cm³/mol. The Morgan fingerprint density at radius 1 is 0.917 bits per heavy atom. The molecule has 0 aliphatic rings. The molecule has 180 valence electrons. The largest absolute Gasteiger partial charge is 0.494 e. The molecule has 6 nitrogen and oxygen atoms in total. The number of pyridine rings is 3. The van der Waals surface area contributed by atoms with Gasteiger partial charge < -0.3 is 10.1 Å². The Hall–Kier alpha value is -4.53. The van der Waals surface area contributed by atoms with Crippen LogP contribution >= 0.6 is 0 Å². The number of aromatic nitrogens is 3. The summed E-state index contributed by atoms with van der Waals surface area (Å²) in [7, 11) is 1.51. The summed E-state index contributed by atoms with van der Waals surface area (Å²) in [6.07, 6.45) is -0.383. The zero-order valence-electron chi connectivity index (χ0n) is 19.0. The molecule has 0 saturated heterocycles. The molecule has 1 atom stereocenters. The molecule has 1 N–H and O–H groups in total. The Kier molecular flexibility index (Phi) is 5.97. The molecule has 1 unspecified atom stereocenters. The summed E-state index contributed by atoms with van der Waals surface area (Å²) in [4.78, 5) is 26.0. The Bertz CT molecular complexity index is 1590. The maximum Gasteiger partial charge on any atom is 0.418 e. The van der Waals surface area contributed by atoms with Crippen LogP contribution in [-0.4, -0.2) is 28.0 Å². The Morgan fingerprint density at radius 2 is 1.69 bits per heavy atom. The van der Waals surface area contributed by atoms with Crippen LogP contribution in [0.15, 0.2) is 85.3 Å². The minimum Gasteiger partial charge on any atom is -0.494 e. The number of rotatable bonds is 5. The van der Waals surface area contributed by atoms with Crippen molar-refractivity contribution in [3.05, 3.63) is 108 Å². The van der Waals surface area contributed by atoms with E-state index in [1.54, 1.807) is 54.7 Å². The zero-order chi connectivity index (χ0) is 25.3. The smallest absolute Gasteiger partial charge is 0.418 e. The third kappa shape index (κ3) is 4.43. The van der Waals surface area contributed by atoms with Crippen LogP contribution in [0.1, 0.15) is 33.2 Å². The highest BCUT2D eigenvalue weighted by Gasteiger charge is 2.37. The van der Waals surface area contributed by atoms with Crippen LogP contribution in [0, 0.1) is 0 Å². The lowest BCUT2D eigenvalue weighted by molar-refractivity contribution is -0.138. The summed E-state index contributed by atoms with van der Waals surface area (Å²) < 4.78 is 47.1. The third-order valence-electron chi connectivity index (χ3n) is 5.81. The van der Waals surface area contributed by atoms with E-state index in [0.717, 1.165) is 11.5 Å². The van der Waals surface area contributed by atoms with Crippen molar-refractivity contribution in [3.63, 3.8) is 0 Å². The number of alkyl halides is 3. The first kappa shape index (κ1) is 23.2. The summed E-state index contributed by atoms with van der Waals surface area (Å²) in [5.41, 5.74) is 0.460. The van der Waals surface area contributed by atoms with E-state index in [9.17, 15) is 18.0 Å². The first-order valence-corrected chi connectivity index (χ1v) is 11.0. The average Bonchev–Trinajstić information content (AvgIpc) is 2.90. The van der Waals surface area contributed by atoms with Gasteiger partial charge in [0.15, 0.2) is 0 Å². The maximum absolute atomic E-state index is 13.9. The van der Waals surface area contributed by atoms with E-state index < -0.39 is 23.7 Å². The number of hydrogen-bond donors (Lipinski definition) is 1. The lowest BCUT2D eigenvalue weighted by atomic mass is 9.98. The lowest BCUT2D eigenvalue weighted by Crippen LogP contribution is -2.31. The normalized spacial score (nSPS) is 12.4. The quantitative estimate of drug-likeness (QED) is 0.342. The number of amides is 1.